The first-order valence-electron chi connectivity index (χ1n) is 10.2. The van der Waals surface area contributed by atoms with Crippen LogP contribution in [0.2, 0.25) is 0 Å². The Hall–Kier alpha value is -2.78. The summed E-state index contributed by atoms with van der Waals surface area (Å²) < 4.78 is 29.0. The fraction of sp³-hybridized carbons (Fsp3) is 0.381. The zero-order valence-electron chi connectivity index (χ0n) is 17.1. The van der Waals surface area contributed by atoms with E-state index in [0.29, 0.717) is 25.2 Å². The van der Waals surface area contributed by atoms with E-state index in [9.17, 15) is 13.2 Å². The van der Waals surface area contributed by atoms with Crippen LogP contribution in [0.3, 0.4) is 0 Å². The lowest BCUT2D eigenvalue weighted by molar-refractivity contribution is 0.0729. The summed E-state index contributed by atoms with van der Waals surface area (Å²) in [6.07, 6.45) is 3.54. The number of hydrogen-bond acceptors (Lipinski definition) is 5. The van der Waals surface area contributed by atoms with Crippen LogP contribution in [-0.2, 0) is 10.0 Å². The van der Waals surface area contributed by atoms with Crippen molar-refractivity contribution in [3.05, 3.63) is 60.0 Å². The number of nitrogens with zero attached hydrogens (tertiary/aromatic N) is 5. The molecule has 1 amide bonds. The second-order valence-corrected chi connectivity index (χ2v) is 9.20. The molecule has 2 aromatic heterocycles. The standard InChI is InChI=1S/C21H25N5O3S/c1-3-24(4-2)30(28,29)17-10-7-9-16(15-17)21(27)25-14-8-11-18(25)20-23-22-19-12-5-6-13-26(19)20/h5-7,9-10,12-13,15,18H,3-4,8,11,14H2,1-2H3/t18-/m1/s1. The van der Waals surface area contributed by atoms with Crippen LogP contribution >= 0.6 is 0 Å². The van der Waals surface area contributed by atoms with Gasteiger partial charge < -0.3 is 4.90 Å². The van der Waals surface area contributed by atoms with Gasteiger partial charge in [0.05, 0.1) is 10.9 Å². The molecular formula is C21H25N5O3S. The van der Waals surface area contributed by atoms with Crippen molar-refractivity contribution in [3.63, 3.8) is 0 Å². The van der Waals surface area contributed by atoms with Gasteiger partial charge in [0.25, 0.3) is 5.91 Å². The molecular weight excluding hydrogens is 402 g/mol. The van der Waals surface area contributed by atoms with Gasteiger partial charge in [-0.15, -0.1) is 10.2 Å². The molecule has 0 saturated carbocycles. The highest BCUT2D eigenvalue weighted by Crippen LogP contribution is 2.32. The molecule has 0 unspecified atom stereocenters. The molecule has 0 radical (unpaired) electrons. The van der Waals surface area contributed by atoms with Gasteiger partial charge in [0.15, 0.2) is 11.5 Å². The average Bonchev–Trinajstić information content (AvgIpc) is 3.40. The molecule has 3 heterocycles. The van der Waals surface area contributed by atoms with Crippen LogP contribution in [-0.4, -0.2) is 57.8 Å². The van der Waals surface area contributed by atoms with Gasteiger partial charge in [0, 0.05) is 31.4 Å². The lowest BCUT2D eigenvalue weighted by Crippen LogP contribution is -2.32. The van der Waals surface area contributed by atoms with Gasteiger partial charge in [-0.25, -0.2) is 8.42 Å². The minimum atomic E-state index is -3.63. The third-order valence-corrected chi connectivity index (χ3v) is 7.62. The number of benzene rings is 1. The summed E-state index contributed by atoms with van der Waals surface area (Å²) in [6, 6.07) is 11.8. The van der Waals surface area contributed by atoms with Crippen molar-refractivity contribution in [2.45, 2.75) is 37.6 Å². The Morgan fingerprint density at radius 2 is 1.93 bits per heavy atom. The first kappa shape index (κ1) is 20.5. The molecule has 1 fully saturated rings. The highest BCUT2D eigenvalue weighted by atomic mass is 32.2. The van der Waals surface area contributed by atoms with E-state index in [-0.39, 0.29) is 16.8 Å². The van der Waals surface area contributed by atoms with Crippen LogP contribution in [0, 0.1) is 0 Å². The second kappa shape index (κ2) is 8.16. The van der Waals surface area contributed by atoms with Gasteiger partial charge in [0.2, 0.25) is 10.0 Å². The minimum Gasteiger partial charge on any atom is -0.328 e. The van der Waals surface area contributed by atoms with E-state index in [4.69, 9.17) is 0 Å². The molecule has 0 N–H and O–H groups in total. The van der Waals surface area contributed by atoms with Crippen LogP contribution in [0.4, 0.5) is 0 Å². The Bertz CT molecular complexity index is 1170. The quantitative estimate of drug-likeness (QED) is 0.604. The van der Waals surface area contributed by atoms with E-state index in [0.717, 1.165) is 24.3 Å². The number of hydrogen-bond donors (Lipinski definition) is 0. The van der Waals surface area contributed by atoms with Crippen molar-refractivity contribution < 1.29 is 13.2 Å². The lowest BCUT2D eigenvalue weighted by Gasteiger charge is -2.24. The van der Waals surface area contributed by atoms with E-state index in [1.807, 2.05) is 28.8 Å². The van der Waals surface area contributed by atoms with Gasteiger partial charge in [-0.2, -0.15) is 4.31 Å². The van der Waals surface area contributed by atoms with Crippen molar-refractivity contribution in [2.24, 2.45) is 0 Å². The van der Waals surface area contributed by atoms with Gasteiger partial charge >= 0.3 is 0 Å². The van der Waals surface area contributed by atoms with E-state index in [1.165, 1.54) is 16.4 Å². The highest BCUT2D eigenvalue weighted by Gasteiger charge is 2.34. The monoisotopic (exact) mass is 427 g/mol. The van der Waals surface area contributed by atoms with Crippen LogP contribution in [0.25, 0.3) is 5.65 Å². The molecule has 3 aromatic rings. The van der Waals surface area contributed by atoms with Gasteiger partial charge in [-0.05, 0) is 43.2 Å². The summed E-state index contributed by atoms with van der Waals surface area (Å²) in [4.78, 5) is 15.2. The molecule has 9 heteroatoms. The summed E-state index contributed by atoms with van der Waals surface area (Å²) >= 11 is 0. The third kappa shape index (κ3) is 3.48. The number of amides is 1. The fourth-order valence-corrected chi connectivity index (χ4v) is 5.54. The number of carbonyl (C=O) groups excluding carboxylic acids is 1. The van der Waals surface area contributed by atoms with E-state index in [1.54, 1.807) is 30.9 Å². The summed E-state index contributed by atoms with van der Waals surface area (Å²) in [7, 11) is -3.63. The summed E-state index contributed by atoms with van der Waals surface area (Å²) in [5.74, 6) is 0.533. The van der Waals surface area contributed by atoms with Gasteiger partial charge in [-0.1, -0.05) is 26.0 Å². The SMILES string of the molecule is CCN(CC)S(=O)(=O)c1cccc(C(=O)N2CCC[C@@H]2c2nnc3ccccn23)c1. The molecule has 1 saturated heterocycles. The van der Waals surface area contributed by atoms with Crippen molar-refractivity contribution >= 4 is 21.6 Å². The molecule has 0 aliphatic carbocycles. The Kier molecular flexibility index (Phi) is 5.57. The van der Waals surface area contributed by atoms with Gasteiger partial charge in [0.1, 0.15) is 0 Å². The maximum atomic E-state index is 13.3. The number of pyridine rings is 1. The second-order valence-electron chi connectivity index (χ2n) is 7.26. The number of aromatic nitrogens is 3. The minimum absolute atomic E-state index is 0.140. The van der Waals surface area contributed by atoms with Crippen molar-refractivity contribution in [2.75, 3.05) is 19.6 Å². The zero-order valence-corrected chi connectivity index (χ0v) is 17.9. The predicted molar refractivity (Wildman–Crippen MR) is 113 cm³/mol. The van der Waals surface area contributed by atoms with Crippen LogP contribution in [0.1, 0.15) is 48.9 Å². The largest absolute Gasteiger partial charge is 0.328 e. The van der Waals surface area contributed by atoms with Crippen molar-refractivity contribution in [1.29, 1.82) is 0 Å². The summed E-state index contributed by atoms with van der Waals surface area (Å²) in [5.41, 5.74) is 1.10. The Balaban J connectivity index is 1.66. The first-order chi connectivity index (χ1) is 14.5. The van der Waals surface area contributed by atoms with E-state index in [2.05, 4.69) is 10.2 Å². The Morgan fingerprint density at radius 1 is 1.13 bits per heavy atom. The van der Waals surface area contributed by atoms with Gasteiger partial charge in [-0.3, -0.25) is 9.20 Å². The Labute approximate surface area is 176 Å². The maximum Gasteiger partial charge on any atom is 0.254 e. The number of rotatable bonds is 6. The van der Waals surface area contributed by atoms with Crippen LogP contribution < -0.4 is 0 Å². The molecule has 1 aliphatic rings. The predicted octanol–water partition coefficient (Wildman–Crippen LogP) is 2.74. The smallest absolute Gasteiger partial charge is 0.254 e. The Morgan fingerprint density at radius 3 is 2.70 bits per heavy atom. The molecule has 0 bridgehead atoms. The molecule has 1 aliphatic heterocycles. The average molecular weight is 428 g/mol. The molecule has 1 aromatic carbocycles. The summed E-state index contributed by atoms with van der Waals surface area (Å²) in [6.45, 7) is 4.95. The van der Waals surface area contributed by atoms with E-state index >= 15 is 0 Å². The fourth-order valence-electron chi connectivity index (χ4n) is 4.03. The zero-order chi connectivity index (χ0) is 21.3. The number of likely N-dealkylation sites (tertiary alicyclic amines) is 1. The number of carbonyl (C=O) groups is 1. The van der Waals surface area contributed by atoms with Crippen LogP contribution in [0.5, 0.6) is 0 Å². The normalized spacial score (nSPS) is 17.2. The van der Waals surface area contributed by atoms with Crippen molar-refractivity contribution in [3.8, 4) is 0 Å². The molecule has 1 atom stereocenters. The molecule has 8 nitrogen and oxygen atoms in total. The third-order valence-electron chi connectivity index (χ3n) is 5.58. The number of sulfonamides is 1. The summed E-state index contributed by atoms with van der Waals surface area (Å²) in [5, 5.41) is 8.53. The molecule has 0 spiro atoms. The molecule has 30 heavy (non-hydrogen) atoms. The van der Waals surface area contributed by atoms with Crippen molar-refractivity contribution in [1.82, 2.24) is 23.8 Å². The first-order valence-corrected chi connectivity index (χ1v) is 11.6. The van der Waals surface area contributed by atoms with Crippen LogP contribution in [0.15, 0.2) is 53.6 Å². The molecule has 4 rings (SSSR count). The van der Waals surface area contributed by atoms with E-state index < -0.39 is 10.0 Å². The lowest BCUT2D eigenvalue weighted by atomic mass is 10.1. The highest BCUT2D eigenvalue weighted by molar-refractivity contribution is 7.89. The maximum absolute atomic E-state index is 13.3. The topological polar surface area (TPSA) is 87.9 Å². The number of fused-ring (bicyclic) bond motifs is 1. The molecule has 158 valence electrons.